The second kappa shape index (κ2) is 5.87. The van der Waals surface area contributed by atoms with Crippen molar-refractivity contribution < 1.29 is 9.47 Å². The number of hydrogen-bond donors (Lipinski definition) is 1. The van der Waals surface area contributed by atoms with E-state index in [4.69, 9.17) is 15.2 Å². The third-order valence-electron chi connectivity index (χ3n) is 2.78. The average Bonchev–Trinajstić information content (AvgIpc) is 2.29. The van der Waals surface area contributed by atoms with E-state index in [9.17, 15) is 0 Å². The fourth-order valence-electron chi connectivity index (χ4n) is 1.95. The number of hydrogen-bond acceptors (Lipinski definition) is 3. The molecule has 3 nitrogen and oxygen atoms in total. The van der Waals surface area contributed by atoms with Crippen LogP contribution in [0.4, 0.5) is 0 Å². The summed E-state index contributed by atoms with van der Waals surface area (Å²) in [6.07, 6.45) is -0.00343. The lowest BCUT2D eigenvalue weighted by molar-refractivity contribution is 0.0431. The van der Waals surface area contributed by atoms with Crippen LogP contribution < -0.4 is 10.5 Å². The van der Waals surface area contributed by atoms with Crippen molar-refractivity contribution in [2.24, 2.45) is 11.7 Å². The van der Waals surface area contributed by atoms with Crippen LogP contribution in [0.25, 0.3) is 0 Å². The highest BCUT2D eigenvalue weighted by Gasteiger charge is 2.24. The van der Waals surface area contributed by atoms with E-state index in [1.165, 1.54) is 0 Å². The van der Waals surface area contributed by atoms with E-state index in [2.05, 4.69) is 13.8 Å². The maximum Gasteiger partial charge on any atom is 0.123 e. The third kappa shape index (κ3) is 2.74. The predicted octanol–water partition coefficient (Wildman–Crippen LogP) is 2.37. The van der Waals surface area contributed by atoms with Gasteiger partial charge in [0.1, 0.15) is 5.75 Å². The van der Waals surface area contributed by atoms with Crippen molar-refractivity contribution in [1.29, 1.82) is 0 Å². The minimum atomic E-state index is -0.166. The third-order valence-corrected chi connectivity index (χ3v) is 2.78. The Kier molecular flexibility index (Phi) is 4.77. The van der Waals surface area contributed by atoms with Gasteiger partial charge in [-0.05, 0) is 12.0 Å². The highest BCUT2D eigenvalue weighted by atomic mass is 16.5. The second-order valence-corrected chi connectivity index (χ2v) is 4.21. The molecule has 3 heteroatoms. The van der Waals surface area contributed by atoms with Crippen molar-refractivity contribution in [3.63, 3.8) is 0 Å². The summed E-state index contributed by atoms with van der Waals surface area (Å²) >= 11 is 0. The molecule has 0 aliphatic carbocycles. The van der Waals surface area contributed by atoms with Gasteiger partial charge < -0.3 is 15.2 Å². The number of rotatable bonds is 5. The lowest BCUT2D eigenvalue weighted by atomic mass is 9.93. The molecule has 0 bridgehead atoms. The Morgan fingerprint density at radius 3 is 2.25 bits per heavy atom. The van der Waals surface area contributed by atoms with Crippen LogP contribution in [0.3, 0.4) is 0 Å². The largest absolute Gasteiger partial charge is 0.496 e. The molecule has 0 aliphatic heterocycles. The molecule has 0 aromatic heterocycles. The monoisotopic (exact) mass is 223 g/mol. The van der Waals surface area contributed by atoms with Crippen LogP contribution in [0.5, 0.6) is 5.75 Å². The molecule has 2 atom stereocenters. The molecule has 0 spiro atoms. The van der Waals surface area contributed by atoms with Gasteiger partial charge in [0.05, 0.1) is 19.3 Å². The van der Waals surface area contributed by atoms with Crippen LogP contribution in [0.15, 0.2) is 24.3 Å². The van der Waals surface area contributed by atoms with Crippen molar-refractivity contribution in [1.82, 2.24) is 0 Å². The SMILES string of the molecule is COc1ccccc1C(N)C(OC)C(C)C. The van der Waals surface area contributed by atoms with Crippen LogP contribution in [0.2, 0.25) is 0 Å². The first-order chi connectivity index (χ1) is 7.61. The molecule has 1 aromatic rings. The van der Waals surface area contributed by atoms with Gasteiger partial charge in [0.25, 0.3) is 0 Å². The van der Waals surface area contributed by atoms with Gasteiger partial charge >= 0.3 is 0 Å². The van der Waals surface area contributed by atoms with Gasteiger partial charge in [-0.25, -0.2) is 0 Å². The van der Waals surface area contributed by atoms with Crippen LogP contribution in [0.1, 0.15) is 25.5 Å². The van der Waals surface area contributed by atoms with Crippen molar-refractivity contribution in [2.45, 2.75) is 26.0 Å². The van der Waals surface area contributed by atoms with Crippen LogP contribution in [-0.4, -0.2) is 20.3 Å². The number of benzene rings is 1. The van der Waals surface area contributed by atoms with Gasteiger partial charge in [0.15, 0.2) is 0 Å². The van der Waals surface area contributed by atoms with Gasteiger partial charge in [-0.2, -0.15) is 0 Å². The summed E-state index contributed by atoms with van der Waals surface area (Å²) in [5.74, 6) is 1.18. The molecule has 0 amide bonds. The Bertz CT molecular complexity index is 325. The molecule has 0 fully saturated rings. The molecule has 0 saturated heterocycles. The van der Waals surface area contributed by atoms with Crippen LogP contribution in [0, 0.1) is 5.92 Å². The summed E-state index contributed by atoms with van der Waals surface area (Å²) in [5, 5.41) is 0. The second-order valence-electron chi connectivity index (χ2n) is 4.21. The Hall–Kier alpha value is -1.06. The summed E-state index contributed by atoms with van der Waals surface area (Å²) < 4.78 is 10.8. The molecule has 16 heavy (non-hydrogen) atoms. The first-order valence-corrected chi connectivity index (χ1v) is 5.53. The molecule has 2 N–H and O–H groups in total. The summed E-state index contributed by atoms with van der Waals surface area (Å²) in [7, 11) is 3.35. The Morgan fingerprint density at radius 1 is 1.12 bits per heavy atom. The molecule has 0 heterocycles. The zero-order chi connectivity index (χ0) is 12.1. The van der Waals surface area contributed by atoms with Gasteiger partial charge in [-0.1, -0.05) is 32.0 Å². The number of nitrogens with two attached hydrogens (primary N) is 1. The van der Waals surface area contributed by atoms with Crippen molar-refractivity contribution in [2.75, 3.05) is 14.2 Å². The fraction of sp³-hybridized carbons (Fsp3) is 0.538. The molecule has 0 aliphatic rings. The highest BCUT2D eigenvalue weighted by molar-refractivity contribution is 5.36. The zero-order valence-electron chi connectivity index (χ0n) is 10.4. The van der Waals surface area contributed by atoms with Crippen LogP contribution in [-0.2, 0) is 4.74 Å². The summed E-state index contributed by atoms with van der Waals surface area (Å²) in [5.41, 5.74) is 7.21. The van der Waals surface area contributed by atoms with E-state index in [0.717, 1.165) is 11.3 Å². The van der Waals surface area contributed by atoms with Crippen molar-refractivity contribution in [3.8, 4) is 5.75 Å². The zero-order valence-corrected chi connectivity index (χ0v) is 10.4. The van der Waals surface area contributed by atoms with E-state index in [-0.39, 0.29) is 12.1 Å². The minimum absolute atomic E-state index is 0.00343. The van der Waals surface area contributed by atoms with Gasteiger partial charge in [0.2, 0.25) is 0 Å². The fourth-order valence-corrected chi connectivity index (χ4v) is 1.95. The Balaban J connectivity index is 2.98. The average molecular weight is 223 g/mol. The predicted molar refractivity (Wildman–Crippen MR) is 65.6 cm³/mol. The van der Waals surface area contributed by atoms with E-state index in [1.807, 2.05) is 24.3 Å². The lowest BCUT2D eigenvalue weighted by Gasteiger charge is -2.27. The lowest BCUT2D eigenvalue weighted by Crippen LogP contribution is -2.32. The molecule has 1 rings (SSSR count). The number of para-hydroxylation sites is 1. The molecule has 90 valence electrons. The van der Waals surface area contributed by atoms with Crippen molar-refractivity contribution >= 4 is 0 Å². The molecule has 0 radical (unpaired) electrons. The smallest absolute Gasteiger partial charge is 0.123 e. The van der Waals surface area contributed by atoms with Crippen LogP contribution >= 0.6 is 0 Å². The van der Waals surface area contributed by atoms with E-state index in [1.54, 1.807) is 14.2 Å². The van der Waals surface area contributed by atoms with Gasteiger partial charge in [-0.3, -0.25) is 0 Å². The summed E-state index contributed by atoms with van der Waals surface area (Å²) in [6, 6.07) is 7.64. The minimum Gasteiger partial charge on any atom is -0.496 e. The topological polar surface area (TPSA) is 44.5 Å². The molecule has 1 aromatic carbocycles. The van der Waals surface area contributed by atoms with E-state index >= 15 is 0 Å². The summed E-state index contributed by atoms with van der Waals surface area (Å²) in [6.45, 7) is 4.20. The van der Waals surface area contributed by atoms with Crippen molar-refractivity contribution in [3.05, 3.63) is 29.8 Å². The number of methoxy groups -OCH3 is 2. The summed E-state index contributed by atoms with van der Waals surface area (Å²) in [4.78, 5) is 0. The first-order valence-electron chi connectivity index (χ1n) is 5.53. The standard InChI is InChI=1S/C13H21NO2/c1-9(2)13(16-4)12(14)10-7-5-6-8-11(10)15-3/h5-9,12-13H,14H2,1-4H3. The van der Waals surface area contributed by atoms with E-state index in [0.29, 0.717) is 5.92 Å². The van der Waals surface area contributed by atoms with Gasteiger partial charge in [-0.15, -0.1) is 0 Å². The Labute approximate surface area is 97.6 Å². The number of ether oxygens (including phenoxy) is 2. The first kappa shape index (κ1) is 13.0. The molecular weight excluding hydrogens is 202 g/mol. The molecular formula is C13H21NO2. The highest BCUT2D eigenvalue weighted by Crippen LogP contribution is 2.28. The molecule has 0 saturated carbocycles. The Morgan fingerprint density at radius 2 is 1.75 bits per heavy atom. The quantitative estimate of drug-likeness (QED) is 0.833. The normalized spacial score (nSPS) is 14.9. The molecule has 2 unspecified atom stereocenters. The van der Waals surface area contributed by atoms with Gasteiger partial charge in [0, 0.05) is 12.7 Å². The maximum atomic E-state index is 6.22. The maximum absolute atomic E-state index is 6.22. The van der Waals surface area contributed by atoms with E-state index < -0.39 is 0 Å².